The van der Waals surface area contributed by atoms with Crippen molar-refractivity contribution in [2.75, 3.05) is 39.9 Å². The van der Waals surface area contributed by atoms with Gasteiger partial charge in [0, 0.05) is 45.3 Å². The molecule has 2 aliphatic heterocycles. The maximum absolute atomic E-state index is 12.1. The van der Waals surface area contributed by atoms with Crippen LogP contribution >= 0.6 is 24.0 Å². The van der Waals surface area contributed by atoms with Gasteiger partial charge in [0.05, 0.1) is 6.04 Å². The summed E-state index contributed by atoms with van der Waals surface area (Å²) < 4.78 is 11.0. The Balaban J connectivity index is 0.00000320. The van der Waals surface area contributed by atoms with Crippen molar-refractivity contribution in [3.63, 3.8) is 0 Å². The average Bonchev–Trinajstić information content (AvgIpc) is 2.66. The van der Waals surface area contributed by atoms with Crippen molar-refractivity contribution in [2.45, 2.75) is 50.7 Å². The zero-order chi connectivity index (χ0) is 20.9. The Bertz CT molecular complexity index is 709. The Hall–Kier alpha value is -1.55. The highest BCUT2D eigenvalue weighted by Gasteiger charge is 2.36. The fourth-order valence-electron chi connectivity index (χ4n) is 3.81. The van der Waals surface area contributed by atoms with Gasteiger partial charge in [-0.25, -0.2) is 4.79 Å². The largest absolute Gasteiger partial charge is 0.444 e. The van der Waals surface area contributed by atoms with Gasteiger partial charge in [0.15, 0.2) is 5.96 Å². The van der Waals surface area contributed by atoms with Gasteiger partial charge in [-0.05, 0) is 39.2 Å². The summed E-state index contributed by atoms with van der Waals surface area (Å²) in [5.74, 6) is 0.764. The first-order valence-corrected chi connectivity index (χ1v) is 10.4. The second-order valence-corrected chi connectivity index (χ2v) is 8.91. The molecule has 2 saturated heterocycles. The third kappa shape index (κ3) is 6.47. The van der Waals surface area contributed by atoms with Crippen LogP contribution in [0.2, 0.25) is 0 Å². The fraction of sp³-hybridized carbons (Fsp3) is 0.636. The first-order valence-electron chi connectivity index (χ1n) is 10.4. The highest BCUT2D eigenvalue weighted by molar-refractivity contribution is 14.0. The molecular weight excluding hydrogens is 495 g/mol. The van der Waals surface area contributed by atoms with Crippen LogP contribution in [-0.4, -0.2) is 68.5 Å². The van der Waals surface area contributed by atoms with Crippen molar-refractivity contribution < 1.29 is 14.3 Å². The quantitative estimate of drug-likeness (QED) is 0.356. The minimum atomic E-state index is -0.470. The molecule has 0 saturated carbocycles. The Morgan fingerprint density at radius 2 is 1.87 bits per heavy atom. The zero-order valence-electron chi connectivity index (χ0n) is 18.4. The molecule has 0 atom stereocenters. The molecule has 0 aliphatic carbocycles. The van der Waals surface area contributed by atoms with Gasteiger partial charge in [-0.15, -0.1) is 24.0 Å². The molecule has 2 fully saturated rings. The summed E-state index contributed by atoms with van der Waals surface area (Å²) >= 11 is 0. The molecule has 1 amide bonds. The molecule has 2 heterocycles. The Morgan fingerprint density at radius 1 is 1.23 bits per heavy atom. The highest BCUT2D eigenvalue weighted by Crippen LogP contribution is 2.34. The number of ether oxygens (including phenoxy) is 2. The minimum Gasteiger partial charge on any atom is -0.444 e. The average molecular weight is 530 g/mol. The standard InChI is InChI=1S/C22H34N4O3.HI/c1-21(2,3)29-20(27)26-14-18(15-26)25-19(23-4)24-16-22(10-12-28-13-11-22)17-8-6-5-7-9-17;/h5-9,18H,10-16H2,1-4H3,(H2,23,24,25);1H. The molecule has 0 bridgehead atoms. The van der Waals surface area contributed by atoms with Gasteiger partial charge < -0.3 is 25.0 Å². The Morgan fingerprint density at radius 3 is 2.43 bits per heavy atom. The molecule has 2 aliphatic rings. The van der Waals surface area contributed by atoms with Gasteiger partial charge in [0.1, 0.15) is 5.60 Å². The van der Waals surface area contributed by atoms with Crippen LogP contribution < -0.4 is 10.6 Å². The van der Waals surface area contributed by atoms with Gasteiger partial charge in [0.25, 0.3) is 0 Å². The minimum absolute atomic E-state index is 0. The molecule has 30 heavy (non-hydrogen) atoms. The van der Waals surface area contributed by atoms with Crippen LogP contribution in [0.5, 0.6) is 0 Å². The van der Waals surface area contributed by atoms with Gasteiger partial charge in [0.2, 0.25) is 0 Å². The second kappa shape index (κ2) is 10.7. The number of hydrogen-bond acceptors (Lipinski definition) is 4. The molecule has 1 aromatic carbocycles. The summed E-state index contributed by atoms with van der Waals surface area (Å²) in [5.41, 5.74) is 0.910. The second-order valence-electron chi connectivity index (χ2n) is 8.91. The number of carbonyl (C=O) groups is 1. The highest BCUT2D eigenvalue weighted by atomic mass is 127. The smallest absolute Gasteiger partial charge is 0.410 e. The number of carbonyl (C=O) groups excluding carboxylic acids is 1. The van der Waals surface area contributed by atoms with Gasteiger partial charge in [-0.3, -0.25) is 4.99 Å². The number of aliphatic imine (C=N–C) groups is 1. The monoisotopic (exact) mass is 530 g/mol. The third-order valence-corrected chi connectivity index (χ3v) is 5.53. The van der Waals surface area contributed by atoms with Crippen LogP contribution in [0.15, 0.2) is 35.3 Å². The van der Waals surface area contributed by atoms with Crippen LogP contribution in [0.4, 0.5) is 4.79 Å². The topological polar surface area (TPSA) is 75.2 Å². The molecule has 7 nitrogen and oxygen atoms in total. The molecule has 1 aromatic rings. The van der Waals surface area contributed by atoms with Crippen molar-refractivity contribution in [2.24, 2.45) is 4.99 Å². The lowest BCUT2D eigenvalue weighted by Crippen LogP contribution is -2.63. The van der Waals surface area contributed by atoms with Crippen LogP contribution in [0.3, 0.4) is 0 Å². The van der Waals surface area contributed by atoms with Crippen molar-refractivity contribution >= 4 is 36.0 Å². The molecule has 168 valence electrons. The lowest BCUT2D eigenvalue weighted by atomic mass is 9.74. The number of guanidine groups is 1. The lowest BCUT2D eigenvalue weighted by molar-refractivity contribution is 0.00699. The van der Waals surface area contributed by atoms with Crippen molar-refractivity contribution in [1.82, 2.24) is 15.5 Å². The van der Waals surface area contributed by atoms with Gasteiger partial charge in [-0.2, -0.15) is 0 Å². The summed E-state index contributed by atoms with van der Waals surface area (Å²) in [6.07, 6.45) is 1.71. The van der Waals surface area contributed by atoms with E-state index in [2.05, 4.69) is 46.0 Å². The van der Waals surface area contributed by atoms with E-state index < -0.39 is 5.60 Å². The first kappa shape index (κ1) is 24.7. The fourth-order valence-corrected chi connectivity index (χ4v) is 3.81. The first-order chi connectivity index (χ1) is 13.8. The van der Waals surface area contributed by atoms with E-state index in [4.69, 9.17) is 9.47 Å². The maximum atomic E-state index is 12.1. The van der Waals surface area contributed by atoms with Crippen molar-refractivity contribution in [3.05, 3.63) is 35.9 Å². The molecule has 8 heteroatoms. The number of nitrogens with one attached hydrogen (secondary N) is 2. The zero-order valence-corrected chi connectivity index (χ0v) is 20.8. The molecule has 0 unspecified atom stereocenters. The normalized spacial score (nSPS) is 19.3. The molecule has 3 rings (SSSR count). The Labute approximate surface area is 197 Å². The van der Waals surface area contributed by atoms with E-state index >= 15 is 0 Å². The summed E-state index contributed by atoms with van der Waals surface area (Å²) in [5, 5.41) is 6.93. The number of rotatable bonds is 4. The number of benzene rings is 1. The summed E-state index contributed by atoms with van der Waals surface area (Å²) in [7, 11) is 1.78. The molecule has 0 radical (unpaired) electrons. The van der Waals surface area contributed by atoms with E-state index in [0.717, 1.165) is 38.6 Å². The predicted octanol–water partition coefficient (Wildman–Crippen LogP) is 3.14. The van der Waals surface area contributed by atoms with Crippen molar-refractivity contribution in [3.8, 4) is 0 Å². The van der Waals surface area contributed by atoms with Crippen molar-refractivity contribution in [1.29, 1.82) is 0 Å². The van der Waals surface area contributed by atoms with Crippen LogP contribution in [-0.2, 0) is 14.9 Å². The number of nitrogens with zero attached hydrogens (tertiary/aromatic N) is 2. The van der Waals surface area contributed by atoms with E-state index in [1.807, 2.05) is 20.8 Å². The van der Waals surface area contributed by atoms with E-state index in [0.29, 0.717) is 13.1 Å². The predicted molar refractivity (Wildman–Crippen MR) is 130 cm³/mol. The van der Waals surface area contributed by atoms with E-state index in [1.165, 1.54) is 5.56 Å². The van der Waals surface area contributed by atoms with E-state index in [9.17, 15) is 4.79 Å². The lowest BCUT2D eigenvalue weighted by Gasteiger charge is -2.41. The maximum Gasteiger partial charge on any atom is 0.410 e. The third-order valence-electron chi connectivity index (χ3n) is 5.53. The SMILES string of the molecule is CN=C(NCC1(c2ccccc2)CCOCC1)NC1CN(C(=O)OC(C)(C)C)C1.I. The summed E-state index contributed by atoms with van der Waals surface area (Å²) in [6, 6.07) is 10.8. The Kier molecular flexibility index (Phi) is 8.78. The number of halogens is 1. The molecule has 2 N–H and O–H groups in total. The molecule has 0 aromatic heterocycles. The van der Waals surface area contributed by atoms with E-state index in [-0.39, 0.29) is 41.5 Å². The molecular formula is C22H35IN4O3. The van der Waals surface area contributed by atoms with Crippen LogP contribution in [0, 0.1) is 0 Å². The molecule has 0 spiro atoms. The van der Waals surface area contributed by atoms with E-state index in [1.54, 1.807) is 11.9 Å². The number of hydrogen-bond donors (Lipinski definition) is 2. The number of amides is 1. The number of likely N-dealkylation sites (tertiary alicyclic amines) is 1. The van der Waals surface area contributed by atoms with Crippen LogP contribution in [0.1, 0.15) is 39.2 Å². The van der Waals surface area contributed by atoms with Gasteiger partial charge in [-0.1, -0.05) is 30.3 Å². The summed E-state index contributed by atoms with van der Waals surface area (Å²) in [4.78, 5) is 18.2. The summed E-state index contributed by atoms with van der Waals surface area (Å²) in [6.45, 7) is 9.22. The van der Waals surface area contributed by atoms with Crippen LogP contribution in [0.25, 0.3) is 0 Å². The van der Waals surface area contributed by atoms with Gasteiger partial charge >= 0.3 is 6.09 Å².